The molecule has 8 heteroatoms. The predicted octanol–water partition coefficient (Wildman–Crippen LogP) is -1.57. The Morgan fingerprint density at radius 2 is 1.17 bits per heavy atom. The molecule has 0 aromatic heterocycles. The normalized spacial score (nSPS) is 20.1. The van der Waals surface area contributed by atoms with Crippen molar-refractivity contribution >= 4 is 17.7 Å². The van der Waals surface area contributed by atoms with E-state index in [1.807, 2.05) is 19.0 Å². The molecule has 2 aliphatic rings. The molecule has 0 saturated carbocycles. The zero-order valence-corrected chi connectivity index (χ0v) is 14.8. The molecule has 0 bridgehead atoms. The monoisotopic (exact) mass is 339 g/mol. The van der Waals surface area contributed by atoms with Crippen molar-refractivity contribution in [2.45, 2.75) is 12.8 Å². The Balaban J connectivity index is 1.61. The summed E-state index contributed by atoms with van der Waals surface area (Å²) < 4.78 is 0. The number of hydrogen-bond acceptors (Lipinski definition) is 5. The Bertz CT molecular complexity index is 415. The standard InChI is InChI=1S/C16H29N5O3/c1-18-5-9-20(10-6-18)15(23)4-3-14(22)17-13-16(24)21-11-7-19(2)8-12-21/h3-13H2,1-2H3,(H,17,22). The summed E-state index contributed by atoms with van der Waals surface area (Å²) in [6, 6.07) is 0. The third-order valence-corrected chi connectivity index (χ3v) is 4.71. The van der Waals surface area contributed by atoms with Gasteiger partial charge in [0.2, 0.25) is 17.7 Å². The van der Waals surface area contributed by atoms with E-state index in [4.69, 9.17) is 0 Å². The number of likely N-dealkylation sites (N-methyl/N-ethyl adjacent to an activating group) is 2. The molecule has 3 amide bonds. The molecular formula is C16H29N5O3. The molecule has 2 heterocycles. The summed E-state index contributed by atoms with van der Waals surface area (Å²) in [6.45, 7) is 6.33. The highest BCUT2D eigenvalue weighted by Gasteiger charge is 2.21. The van der Waals surface area contributed by atoms with Gasteiger partial charge in [-0.15, -0.1) is 0 Å². The molecule has 0 atom stereocenters. The second kappa shape index (κ2) is 8.98. The van der Waals surface area contributed by atoms with Gasteiger partial charge in [-0.05, 0) is 14.1 Å². The Hall–Kier alpha value is -1.67. The molecule has 2 aliphatic heterocycles. The topological polar surface area (TPSA) is 76.2 Å². The maximum Gasteiger partial charge on any atom is 0.242 e. The van der Waals surface area contributed by atoms with Crippen molar-refractivity contribution in [2.24, 2.45) is 0 Å². The number of rotatable bonds is 5. The first-order valence-electron chi connectivity index (χ1n) is 8.65. The SMILES string of the molecule is CN1CCN(C(=O)CCC(=O)NCC(=O)N2CCN(C)CC2)CC1. The van der Waals surface area contributed by atoms with Crippen LogP contribution in [0.2, 0.25) is 0 Å². The van der Waals surface area contributed by atoms with Gasteiger partial charge in [-0.2, -0.15) is 0 Å². The molecule has 0 aromatic carbocycles. The lowest BCUT2D eigenvalue weighted by Crippen LogP contribution is -2.50. The Kier molecular flexibility index (Phi) is 6.99. The minimum Gasteiger partial charge on any atom is -0.347 e. The number of carbonyl (C=O) groups is 3. The van der Waals surface area contributed by atoms with Crippen LogP contribution in [0.3, 0.4) is 0 Å². The van der Waals surface area contributed by atoms with Crippen LogP contribution in [-0.2, 0) is 14.4 Å². The molecule has 2 saturated heterocycles. The smallest absolute Gasteiger partial charge is 0.242 e. The van der Waals surface area contributed by atoms with Crippen molar-refractivity contribution in [3.8, 4) is 0 Å². The van der Waals surface area contributed by atoms with Crippen LogP contribution < -0.4 is 5.32 Å². The van der Waals surface area contributed by atoms with E-state index in [0.717, 1.165) is 39.3 Å². The van der Waals surface area contributed by atoms with E-state index >= 15 is 0 Å². The average Bonchev–Trinajstić information content (AvgIpc) is 2.58. The zero-order valence-electron chi connectivity index (χ0n) is 14.8. The van der Waals surface area contributed by atoms with Crippen molar-refractivity contribution in [3.05, 3.63) is 0 Å². The van der Waals surface area contributed by atoms with E-state index in [-0.39, 0.29) is 37.1 Å². The first-order valence-corrected chi connectivity index (χ1v) is 8.65. The van der Waals surface area contributed by atoms with Crippen molar-refractivity contribution < 1.29 is 14.4 Å². The second-order valence-corrected chi connectivity index (χ2v) is 6.64. The fourth-order valence-corrected chi connectivity index (χ4v) is 2.86. The van der Waals surface area contributed by atoms with E-state index < -0.39 is 0 Å². The van der Waals surface area contributed by atoms with E-state index in [9.17, 15) is 14.4 Å². The van der Waals surface area contributed by atoms with Gasteiger partial charge < -0.3 is 24.9 Å². The molecule has 24 heavy (non-hydrogen) atoms. The highest BCUT2D eigenvalue weighted by Crippen LogP contribution is 2.04. The lowest BCUT2D eigenvalue weighted by molar-refractivity contribution is -0.136. The molecule has 2 rings (SSSR count). The highest BCUT2D eigenvalue weighted by atomic mass is 16.2. The first kappa shape index (κ1) is 18.7. The van der Waals surface area contributed by atoms with Gasteiger partial charge >= 0.3 is 0 Å². The van der Waals surface area contributed by atoms with Gasteiger partial charge in [0.25, 0.3) is 0 Å². The number of amides is 3. The summed E-state index contributed by atoms with van der Waals surface area (Å²) in [6.07, 6.45) is 0.347. The summed E-state index contributed by atoms with van der Waals surface area (Å²) in [7, 11) is 4.06. The summed E-state index contributed by atoms with van der Waals surface area (Å²) in [5, 5.41) is 2.63. The van der Waals surface area contributed by atoms with E-state index in [2.05, 4.69) is 15.1 Å². The molecule has 0 aliphatic carbocycles. The van der Waals surface area contributed by atoms with Crippen molar-refractivity contribution in [2.75, 3.05) is 73.0 Å². The van der Waals surface area contributed by atoms with Crippen LogP contribution in [0.15, 0.2) is 0 Å². The zero-order chi connectivity index (χ0) is 17.5. The maximum atomic E-state index is 12.1. The van der Waals surface area contributed by atoms with Gasteiger partial charge in [-0.25, -0.2) is 0 Å². The fourth-order valence-electron chi connectivity index (χ4n) is 2.86. The molecule has 0 aromatic rings. The van der Waals surface area contributed by atoms with Crippen LogP contribution in [0.25, 0.3) is 0 Å². The number of hydrogen-bond donors (Lipinski definition) is 1. The van der Waals surface area contributed by atoms with Gasteiger partial charge in [0.1, 0.15) is 0 Å². The van der Waals surface area contributed by atoms with Crippen molar-refractivity contribution in [1.29, 1.82) is 0 Å². The number of nitrogens with zero attached hydrogens (tertiary/aromatic N) is 4. The third kappa shape index (κ3) is 5.76. The lowest BCUT2D eigenvalue weighted by Gasteiger charge is -2.32. The maximum absolute atomic E-state index is 12.1. The number of carbonyl (C=O) groups excluding carboxylic acids is 3. The van der Waals surface area contributed by atoms with Crippen LogP contribution in [-0.4, -0.2) is 110 Å². The summed E-state index contributed by atoms with van der Waals surface area (Å²) >= 11 is 0. The summed E-state index contributed by atoms with van der Waals surface area (Å²) in [5.74, 6) is -0.273. The van der Waals surface area contributed by atoms with Crippen LogP contribution in [0.1, 0.15) is 12.8 Å². The van der Waals surface area contributed by atoms with Gasteiger partial charge in [-0.3, -0.25) is 14.4 Å². The van der Waals surface area contributed by atoms with Crippen LogP contribution in [0.5, 0.6) is 0 Å². The lowest BCUT2D eigenvalue weighted by atomic mass is 10.2. The van der Waals surface area contributed by atoms with E-state index in [1.54, 1.807) is 4.90 Å². The predicted molar refractivity (Wildman–Crippen MR) is 90.4 cm³/mol. The molecule has 8 nitrogen and oxygen atoms in total. The Labute approximate surface area is 143 Å². The second-order valence-electron chi connectivity index (χ2n) is 6.64. The molecule has 1 N–H and O–H groups in total. The number of nitrogens with one attached hydrogen (secondary N) is 1. The van der Waals surface area contributed by atoms with Crippen molar-refractivity contribution in [1.82, 2.24) is 24.9 Å². The van der Waals surface area contributed by atoms with Gasteiger partial charge in [0, 0.05) is 65.2 Å². The minimum absolute atomic E-state index is 0.0173. The Morgan fingerprint density at radius 1 is 0.708 bits per heavy atom. The van der Waals surface area contributed by atoms with E-state index in [0.29, 0.717) is 13.1 Å². The molecule has 0 radical (unpaired) electrons. The van der Waals surface area contributed by atoms with Crippen molar-refractivity contribution in [3.63, 3.8) is 0 Å². The summed E-state index contributed by atoms with van der Waals surface area (Å²) in [5.41, 5.74) is 0. The van der Waals surface area contributed by atoms with Gasteiger partial charge in [-0.1, -0.05) is 0 Å². The molecule has 0 unspecified atom stereocenters. The minimum atomic E-state index is -0.236. The Morgan fingerprint density at radius 3 is 1.67 bits per heavy atom. The molecular weight excluding hydrogens is 310 g/mol. The fraction of sp³-hybridized carbons (Fsp3) is 0.812. The molecule has 136 valence electrons. The quantitative estimate of drug-likeness (QED) is 0.655. The van der Waals surface area contributed by atoms with Crippen LogP contribution in [0.4, 0.5) is 0 Å². The molecule has 0 spiro atoms. The number of piperazine rings is 2. The summed E-state index contributed by atoms with van der Waals surface area (Å²) in [4.78, 5) is 43.9. The van der Waals surface area contributed by atoms with Crippen LogP contribution in [0, 0.1) is 0 Å². The average molecular weight is 339 g/mol. The van der Waals surface area contributed by atoms with Crippen LogP contribution >= 0.6 is 0 Å². The largest absolute Gasteiger partial charge is 0.347 e. The van der Waals surface area contributed by atoms with Gasteiger partial charge in [0.05, 0.1) is 6.54 Å². The third-order valence-electron chi connectivity index (χ3n) is 4.71. The first-order chi connectivity index (χ1) is 11.5. The van der Waals surface area contributed by atoms with E-state index in [1.165, 1.54) is 0 Å². The molecule has 2 fully saturated rings. The highest BCUT2D eigenvalue weighted by molar-refractivity contribution is 5.87. The van der Waals surface area contributed by atoms with Gasteiger partial charge in [0.15, 0.2) is 0 Å².